The first-order chi connectivity index (χ1) is 13.9. The third kappa shape index (κ3) is 3.77. The molecule has 6 heteroatoms. The maximum absolute atomic E-state index is 12.6. The Morgan fingerprint density at radius 3 is 2.45 bits per heavy atom. The molecule has 29 heavy (non-hydrogen) atoms. The summed E-state index contributed by atoms with van der Waals surface area (Å²) < 4.78 is 11.1. The zero-order valence-electron chi connectivity index (χ0n) is 15.2. The van der Waals surface area contributed by atoms with Gasteiger partial charge >= 0.3 is 5.97 Å². The number of ether oxygens (including phenoxy) is 2. The molecule has 0 unspecified atom stereocenters. The van der Waals surface area contributed by atoms with E-state index in [9.17, 15) is 9.59 Å². The molecule has 0 saturated carbocycles. The Morgan fingerprint density at radius 2 is 1.72 bits per heavy atom. The molecular formula is C23H14Cl2O4. The second-order valence-corrected chi connectivity index (χ2v) is 7.25. The van der Waals surface area contributed by atoms with Gasteiger partial charge in [0.2, 0.25) is 5.78 Å². The van der Waals surface area contributed by atoms with Crippen molar-refractivity contribution in [1.82, 2.24) is 0 Å². The molecule has 1 heterocycles. The van der Waals surface area contributed by atoms with Crippen LogP contribution >= 0.6 is 23.2 Å². The average molecular weight is 425 g/mol. The van der Waals surface area contributed by atoms with E-state index in [0.29, 0.717) is 32.5 Å². The second kappa shape index (κ2) is 7.74. The van der Waals surface area contributed by atoms with Crippen LogP contribution < -0.4 is 9.47 Å². The average Bonchev–Trinajstić information content (AvgIpc) is 3.00. The Bertz CT molecular complexity index is 1160. The summed E-state index contributed by atoms with van der Waals surface area (Å²) in [6, 6.07) is 16.8. The van der Waals surface area contributed by atoms with E-state index in [0.717, 1.165) is 5.56 Å². The lowest BCUT2D eigenvalue weighted by Gasteiger charge is -2.07. The number of allylic oxidation sites excluding steroid dienone is 1. The van der Waals surface area contributed by atoms with E-state index in [1.807, 2.05) is 19.1 Å². The SMILES string of the molecule is Cc1ccccc1C(=O)Oc1ccc2c(c1)OC(=Cc1c(Cl)cccc1Cl)C2=O. The Balaban J connectivity index is 1.60. The minimum absolute atomic E-state index is 0.0948. The largest absolute Gasteiger partial charge is 0.452 e. The number of rotatable bonds is 3. The summed E-state index contributed by atoms with van der Waals surface area (Å²) in [5.41, 5.74) is 2.15. The first-order valence-electron chi connectivity index (χ1n) is 8.74. The van der Waals surface area contributed by atoms with Gasteiger partial charge in [-0.15, -0.1) is 0 Å². The van der Waals surface area contributed by atoms with Gasteiger partial charge in [-0.1, -0.05) is 47.5 Å². The zero-order valence-corrected chi connectivity index (χ0v) is 16.8. The predicted octanol–water partition coefficient (Wildman–Crippen LogP) is 6.14. The van der Waals surface area contributed by atoms with E-state index in [4.69, 9.17) is 32.7 Å². The van der Waals surface area contributed by atoms with E-state index in [-0.39, 0.29) is 17.3 Å². The summed E-state index contributed by atoms with van der Waals surface area (Å²) in [6.07, 6.45) is 1.51. The topological polar surface area (TPSA) is 52.6 Å². The van der Waals surface area contributed by atoms with Crippen molar-refractivity contribution in [3.8, 4) is 11.5 Å². The van der Waals surface area contributed by atoms with Crippen molar-refractivity contribution in [2.75, 3.05) is 0 Å². The van der Waals surface area contributed by atoms with Gasteiger partial charge in [-0.25, -0.2) is 4.79 Å². The highest BCUT2D eigenvalue weighted by atomic mass is 35.5. The van der Waals surface area contributed by atoms with Crippen molar-refractivity contribution < 1.29 is 19.1 Å². The minimum Gasteiger partial charge on any atom is -0.452 e. The number of aryl methyl sites for hydroxylation is 1. The van der Waals surface area contributed by atoms with Crippen molar-refractivity contribution in [3.05, 3.63) is 98.7 Å². The summed E-state index contributed by atoms with van der Waals surface area (Å²) in [5.74, 6) is -0.0996. The Morgan fingerprint density at radius 1 is 1.00 bits per heavy atom. The maximum Gasteiger partial charge on any atom is 0.343 e. The van der Waals surface area contributed by atoms with Crippen LogP contribution in [0.4, 0.5) is 0 Å². The monoisotopic (exact) mass is 424 g/mol. The number of benzene rings is 3. The summed E-state index contributed by atoms with van der Waals surface area (Å²) in [4.78, 5) is 25.0. The van der Waals surface area contributed by atoms with Crippen LogP contribution in [0.3, 0.4) is 0 Å². The molecule has 0 fully saturated rings. The third-order valence-corrected chi connectivity index (χ3v) is 5.15. The first-order valence-corrected chi connectivity index (χ1v) is 9.50. The number of hydrogen-bond acceptors (Lipinski definition) is 4. The van der Waals surface area contributed by atoms with Crippen molar-refractivity contribution in [3.63, 3.8) is 0 Å². The molecule has 0 aliphatic carbocycles. The fourth-order valence-electron chi connectivity index (χ4n) is 2.97. The molecule has 0 radical (unpaired) electrons. The number of carbonyl (C=O) groups is 2. The number of carbonyl (C=O) groups excluding carboxylic acids is 2. The van der Waals surface area contributed by atoms with Crippen molar-refractivity contribution in [2.24, 2.45) is 0 Å². The third-order valence-electron chi connectivity index (χ3n) is 4.49. The fourth-order valence-corrected chi connectivity index (χ4v) is 3.48. The molecule has 4 nitrogen and oxygen atoms in total. The van der Waals surface area contributed by atoms with Crippen LogP contribution in [-0.2, 0) is 0 Å². The van der Waals surface area contributed by atoms with Gasteiger partial charge in [0, 0.05) is 21.7 Å². The van der Waals surface area contributed by atoms with Gasteiger partial charge in [0.05, 0.1) is 11.1 Å². The molecule has 4 rings (SSSR count). The molecule has 1 aliphatic heterocycles. The molecule has 0 amide bonds. The lowest BCUT2D eigenvalue weighted by atomic mass is 10.1. The summed E-state index contributed by atoms with van der Waals surface area (Å²) in [5, 5.41) is 0.815. The van der Waals surface area contributed by atoms with Gasteiger partial charge < -0.3 is 9.47 Å². The highest BCUT2D eigenvalue weighted by molar-refractivity contribution is 6.37. The number of hydrogen-bond donors (Lipinski definition) is 0. The molecule has 3 aromatic carbocycles. The molecular weight excluding hydrogens is 411 g/mol. The molecule has 0 bridgehead atoms. The summed E-state index contributed by atoms with van der Waals surface area (Å²) in [6.45, 7) is 1.83. The van der Waals surface area contributed by atoms with Gasteiger partial charge in [0.15, 0.2) is 5.76 Å². The molecule has 0 spiro atoms. The van der Waals surface area contributed by atoms with Gasteiger partial charge in [-0.3, -0.25) is 4.79 Å². The molecule has 144 valence electrons. The molecule has 1 aliphatic rings. The smallest absolute Gasteiger partial charge is 0.343 e. The zero-order chi connectivity index (χ0) is 20.5. The highest BCUT2D eigenvalue weighted by Gasteiger charge is 2.28. The van der Waals surface area contributed by atoms with Crippen LogP contribution in [0.25, 0.3) is 6.08 Å². The predicted molar refractivity (Wildman–Crippen MR) is 112 cm³/mol. The van der Waals surface area contributed by atoms with E-state index in [2.05, 4.69) is 0 Å². The Kier molecular flexibility index (Phi) is 5.14. The number of esters is 1. The highest BCUT2D eigenvalue weighted by Crippen LogP contribution is 2.36. The number of Topliss-reactive ketones (excluding diaryl/α,β-unsaturated/α-hetero) is 1. The van der Waals surface area contributed by atoms with Crippen LogP contribution in [-0.4, -0.2) is 11.8 Å². The quantitative estimate of drug-likeness (QED) is 0.288. The van der Waals surface area contributed by atoms with E-state index in [1.54, 1.807) is 42.5 Å². The molecule has 3 aromatic rings. The minimum atomic E-state index is -0.481. The van der Waals surface area contributed by atoms with E-state index < -0.39 is 5.97 Å². The maximum atomic E-state index is 12.6. The molecule has 0 atom stereocenters. The molecule has 0 N–H and O–H groups in total. The van der Waals surface area contributed by atoms with E-state index >= 15 is 0 Å². The van der Waals surface area contributed by atoms with Crippen molar-refractivity contribution in [1.29, 1.82) is 0 Å². The van der Waals surface area contributed by atoms with Crippen molar-refractivity contribution in [2.45, 2.75) is 6.92 Å². The lowest BCUT2D eigenvalue weighted by Crippen LogP contribution is -2.10. The van der Waals surface area contributed by atoms with Crippen LogP contribution in [0.15, 0.2) is 66.4 Å². The van der Waals surface area contributed by atoms with Crippen molar-refractivity contribution >= 4 is 41.0 Å². The number of ketones is 1. The lowest BCUT2D eigenvalue weighted by molar-refractivity contribution is 0.0733. The second-order valence-electron chi connectivity index (χ2n) is 6.44. The van der Waals surface area contributed by atoms with Crippen LogP contribution in [0.1, 0.15) is 31.8 Å². The number of fused-ring (bicyclic) bond motifs is 1. The van der Waals surface area contributed by atoms with Gasteiger partial charge in [-0.05, 0) is 48.9 Å². The molecule has 0 saturated heterocycles. The van der Waals surface area contributed by atoms with Gasteiger partial charge in [-0.2, -0.15) is 0 Å². The van der Waals surface area contributed by atoms with E-state index in [1.165, 1.54) is 12.1 Å². The van der Waals surface area contributed by atoms with Crippen LogP contribution in [0.2, 0.25) is 10.0 Å². The van der Waals surface area contributed by atoms with Gasteiger partial charge in [0.25, 0.3) is 0 Å². The molecule has 0 aromatic heterocycles. The number of halogens is 2. The van der Waals surface area contributed by atoms with Crippen LogP contribution in [0.5, 0.6) is 11.5 Å². The van der Waals surface area contributed by atoms with Crippen LogP contribution in [0, 0.1) is 6.92 Å². The first kappa shape index (κ1) is 19.2. The summed E-state index contributed by atoms with van der Waals surface area (Å²) >= 11 is 12.3. The Hall–Kier alpha value is -3.08. The normalized spacial score (nSPS) is 13.9. The Labute approximate surface area is 177 Å². The standard InChI is InChI=1S/C23H14Cl2O4/c1-13-5-2-3-6-15(13)23(27)28-14-9-10-16-20(11-14)29-21(22(16)26)12-17-18(24)7-4-8-19(17)25/h2-12H,1H3. The fraction of sp³-hybridized carbons (Fsp3) is 0.0435. The summed E-state index contributed by atoms with van der Waals surface area (Å²) in [7, 11) is 0. The van der Waals surface area contributed by atoms with Gasteiger partial charge in [0.1, 0.15) is 11.5 Å².